The van der Waals surface area contributed by atoms with Gasteiger partial charge in [-0.3, -0.25) is 0 Å². The summed E-state index contributed by atoms with van der Waals surface area (Å²) in [6.45, 7) is 5.49. The van der Waals surface area contributed by atoms with E-state index in [1.54, 1.807) is 16.2 Å². The molecule has 0 spiro atoms. The van der Waals surface area contributed by atoms with Gasteiger partial charge >= 0.3 is 6.03 Å². The number of halogens is 1. The van der Waals surface area contributed by atoms with Crippen LogP contribution in [0.3, 0.4) is 0 Å². The maximum Gasteiger partial charge on any atom is 0.317 e. The highest BCUT2D eigenvalue weighted by Crippen LogP contribution is 2.22. The Labute approximate surface area is 144 Å². The lowest BCUT2D eigenvalue weighted by Crippen LogP contribution is -2.37. The van der Waals surface area contributed by atoms with Crippen molar-refractivity contribution in [2.45, 2.75) is 26.8 Å². The summed E-state index contributed by atoms with van der Waals surface area (Å²) in [4.78, 5) is 15.0. The number of aryl methyl sites for hydroxylation is 2. The van der Waals surface area contributed by atoms with Crippen LogP contribution in [0.25, 0.3) is 0 Å². The van der Waals surface area contributed by atoms with Crippen LogP contribution in [0.5, 0.6) is 0 Å². The molecule has 118 valence electrons. The Balaban J connectivity index is 1.79. The lowest BCUT2D eigenvalue weighted by atomic mass is 10.0. The zero-order valence-corrected chi connectivity index (χ0v) is 15.6. The van der Waals surface area contributed by atoms with Crippen LogP contribution in [0.4, 0.5) is 4.79 Å². The second-order valence-electron chi connectivity index (χ2n) is 5.47. The summed E-state index contributed by atoms with van der Waals surface area (Å²) in [6, 6.07) is 10.4. The summed E-state index contributed by atoms with van der Waals surface area (Å²) in [5, 5.41) is 2.98. The summed E-state index contributed by atoms with van der Waals surface area (Å²) in [5.41, 5.74) is 3.84. The lowest BCUT2D eigenvalue weighted by Gasteiger charge is -2.17. The molecule has 3 nitrogen and oxygen atoms in total. The first-order valence-electron chi connectivity index (χ1n) is 7.25. The highest BCUT2D eigenvalue weighted by molar-refractivity contribution is 9.11. The van der Waals surface area contributed by atoms with Crippen molar-refractivity contribution in [2.24, 2.45) is 0 Å². The van der Waals surface area contributed by atoms with E-state index in [0.717, 1.165) is 10.2 Å². The second-order valence-corrected chi connectivity index (χ2v) is 8.02. The van der Waals surface area contributed by atoms with Crippen molar-refractivity contribution in [3.63, 3.8) is 0 Å². The average molecular weight is 381 g/mol. The number of carbonyl (C=O) groups is 1. The summed E-state index contributed by atoms with van der Waals surface area (Å²) < 4.78 is 1.09. The van der Waals surface area contributed by atoms with E-state index in [-0.39, 0.29) is 6.03 Å². The molecule has 5 heteroatoms. The van der Waals surface area contributed by atoms with Gasteiger partial charge in [0.2, 0.25) is 0 Å². The van der Waals surface area contributed by atoms with Crippen molar-refractivity contribution in [1.82, 2.24) is 10.2 Å². The largest absolute Gasteiger partial charge is 0.338 e. The number of rotatable bonds is 5. The number of carbonyl (C=O) groups excluding carboxylic acids is 1. The molecule has 0 aliphatic heterocycles. The third kappa shape index (κ3) is 4.85. The van der Waals surface area contributed by atoms with Crippen LogP contribution in [0.15, 0.2) is 34.1 Å². The number of hydrogen-bond donors (Lipinski definition) is 1. The van der Waals surface area contributed by atoms with Gasteiger partial charge in [0.1, 0.15) is 0 Å². The first-order chi connectivity index (χ1) is 10.5. The van der Waals surface area contributed by atoms with E-state index in [1.807, 2.05) is 19.2 Å². The van der Waals surface area contributed by atoms with Gasteiger partial charge < -0.3 is 10.2 Å². The monoisotopic (exact) mass is 380 g/mol. The number of amides is 2. The molecule has 0 saturated heterocycles. The number of nitrogens with zero attached hydrogens (tertiary/aromatic N) is 1. The standard InChI is InChI=1S/C17H21BrN2OS/c1-12-4-5-14(13(2)10-12)8-9-19-17(21)20(3)11-15-6-7-16(18)22-15/h4-7,10H,8-9,11H2,1-3H3,(H,19,21). The zero-order valence-electron chi connectivity index (χ0n) is 13.1. The molecule has 0 aliphatic carbocycles. The number of urea groups is 1. The number of nitrogens with one attached hydrogen (secondary N) is 1. The van der Waals surface area contributed by atoms with Gasteiger partial charge in [0.25, 0.3) is 0 Å². The molecular formula is C17H21BrN2OS. The summed E-state index contributed by atoms with van der Waals surface area (Å²) >= 11 is 5.09. The third-order valence-corrected chi connectivity index (χ3v) is 5.15. The molecule has 0 aliphatic rings. The van der Waals surface area contributed by atoms with Gasteiger partial charge in [-0.1, -0.05) is 23.8 Å². The van der Waals surface area contributed by atoms with E-state index >= 15 is 0 Å². The van der Waals surface area contributed by atoms with E-state index in [1.165, 1.54) is 21.6 Å². The SMILES string of the molecule is Cc1ccc(CCNC(=O)N(C)Cc2ccc(Br)s2)c(C)c1. The Kier molecular flexibility index (Phi) is 6.03. The molecule has 0 unspecified atom stereocenters. The molecule has 2 rings (SSSR count). The van der Waals surface area contributed by atoms with Crippen molar-refractivity contribution in [3.8, 4) is 0 Å². The highest BCUT2D eigenvalue weighted by atomic mass is 79.9. The molecule has 0 radical (unpaired) electrons. The van der Waals surface area contributed by atoms with Gasteiger partial charge in [-0.2, -0.15) is 0 Å². The van der Waals surface area contributed by atoms with E-state index < -0.39 is 0 Å². The number of hydrogen-bond acceptors (Lipinski definition) is 2. The van der Waals surface area contributed by atoms with Crippen molar-refractivity contribution < 1.29 is 4.79 Å². The maximum absolute atomic E-state index is 12.1. The number of thiophene rings is 1. The predicted octanol–water partition coefficient (Wildman–Crippen LogP) is 4.51. The van der Waals surface area contributed by atoms with Crippen molar-refractivity contribution >= 4 is 33.3 Å². The molecule has 0 fully saturated rings. The molecule has 1 N–H and O–H groups in total. The van der Waals surface area contributed by atoms with Gasteiger partial charge in [0, 0.05) is 18.5 Å². The van der Waals surface area contributed by atoms with Gasteiger partial charge in [-0.25, -0.2) is 4.79 Å². The molecule has 1 aromatic heterocycles. The Morgan fingerprint density at radius 1 is 1.27 bits per heavy atom. The van der Waals surface area contributed by atoms with E-state index in [4.69, 9.17) is 0 Å². The normalized spacial score (nSPS) is 10.5. The maximum atomic E-state index is 12.1. The Hall–Kier alpha value is -1.33. The summed E-state index contributed by atoms with van der Waals surface area (Å²) in [5.74, 6) is 0. The van der Waals surface area contributed by atoms with E-state index in [2.05, 4.69) is 53.3 Å². The van der Waals surface area contributed by atoms with Crippen LogP contribution in [-0.2, 0) is 13.0 Å². The van der Waals surface area contributed by atoms with Gasteiger partial charge in [0.05, 0.1) is 10.3 Å². The zero-order chi connectivity index (χ0) is 16.1. The minimum atomic E-state index is -0.0331. The third-order valence-electron chi connectivity index (χ3n) is 3.54. The predicted molar refractivity (Wildman–Crippen MR) is 96.5 cm³/mol. The summed E-state index contributed by atoms with van der Waals surface area (Å²) in [6.07, 6.45) is 0.857. The molecule has 2 amide bonds. The van der Waals surface area contributed by atoms with Crippen LogP contribution in [0, 0.1) is 13.8 Å². The molecule has 1 aromatic carbocycles. The molecule has 0 saturated carbocycles. The first-order valence-corrected chi connectivity index (χ1v) is 8.86. The Morgan fingerprint density at radius 3 is 2.68 bits per heavy atom. The fourth-order valence-corrected chi connectivity index (χ4v) is 3.84. The van der Waals surface area contributed by atoms with Crippen molar-refractivity contribution in [1.29, 1.82) is 0 Å². The van der Waals surface area contributed by atoms with Gasteiger partial charge in [-0.15, -0.1) is 11.3 Å². The van der Waals surface area contributed by atoms with Crippen LogP contribution in [0.2, 0.25) is 0 Å². The Bertz CT molecular complexity index is 654. The molecule has 2 aromatic rings. The smallest absolute Gasteiger partial charge is 0.317 e. The quantitative estimate of drug-likeness (QED) is 0.812. The molecule has 22 heavy (non-hydrogen) atoms. The van der Waals surface area contributed by atoms with E-state index in [9.17, 15) is 4.79 Å². The van der Waals surface area contributed by atoms with Crippen molar-refractivity contribution in [3.05, 3.63) is 55.7 Å². The summed E-state index contributed by atoms with van der Waals surface area (Å²) in [7, 11) is 1.82. The minimum Gasteiger partial charge on any atom is -0.338 e. The first kappa shape index (κ1) is 17.0. The minimum absolute atomic E-state index is 0.0331. The van der Waals surface area contributed by atoms with Crippen LogP contribution < -0.4 is 5.32 Å². The fraction of sp³-hybridized carbons (Fsp3) is 0.353. The fourth-order valence-electron chi connectivity index (χ4n) is 2.31. The van der Waals surface area contributed by atoms with Gasteiger partial charge in [0.15, 0.2) is 0 Å². The van der Waals surface area contributed by atoms with E-state index in [0.29, 0.717) is 13.1 Å². The van der Waals surface area contributed by atoms with Crippen LogP contribution >= 0.6 is 27.3 Å². The average Bonchev–Trinajstić information content (AvgIpc) is 2.86. The molecule has 1 heterocycles. The van der Waals surface area contributed by atoms with Crippen LogP contribution in [0.1, 0.15) is 21.6 Å². The molecular weight excluding hydrogens is 360 g/mol. The Morgan fingerprint density at radius 2 is 2.05 bits per heavy atom. The number of benzene rings is 1. The topological polar surface area (TPSA) is 32.3 Å². The molecule has 0 atom stereocenters. The van der Waals surface area contributed by atoms with Gasteiger partial charge in [-0.05, 0) is 59.5 Å². The van der Waals surface area contributed by atoms with Crippen molar-refractivity contribution in [2.75, 3.05) is 13.6 Å². The lowest BCUT2D eigenvalue weighted by molar-refractivity contribution is 0.207. The second kappa shape index (κ2) is 7.79. The highest BCUT2D eigenvalue weighted by Gasteiger charge is 2.10. The van der Waals surface area contributed by atoms with Crippen LogP contribution in [-0.4, -0.2) is 24.5 Å². The molecule has 0 bridgehead atoms.